The van der Waals surface area contributed by atoms with Crippen LogP contribution in [-0.4, -0.2) is 9.67 Å². The second-order valence-electron chi connectivity index (χ2n) is 6.68. The minimum atomic E-state index is -0.456. The molecule has 4 heteroatoms. The molecule has 1 unspecified atom stereocenters. The molecule has 0 spiro atoms. The second-order valence-corrected chi connectivity index (χ2v) is 7.09. The van der Waals surface area contributed by atoms with E-state index in [0.29, 0.717) is 5.02 Å². The molecule has 1 N–H and O–H groups in total. The highest BCUT2D eigenvalue weighted by Gasteiger charge is 2.34. The van der Waals surface area contributed by atoms with E-state index < -0.39 is 6.10 Å². The van der Waals surface area contributed by atoms with E-state index in [0.717, 1.165) is 35.5 Å². The van der Waals surface area contributed by atoms with Crippen LogP contribution in [0.25, 0.3) is 5.69 Å². The summed E-state index contributed by atoms with van der Waals surface area (Å²) in [6, 6.07) is 6.44. The van der Waals surface area contributed by atoms with E-state index in [1.54, 1.807) is 6.07 Å². The van der Waals surface area contributed by atoms with Gasteiger partial charge < -0.3 is 9.67 Å². The van der Waals surface area contributed by atoms with Crippen molar-refractivity contribution in [3.8, 4) is 5.69 Å². The van der Waals surface area contributed by atoms with Crippen LogP contribution in [0.2, 0.25) is 5.02 Å². The molecule has 0 amide bonds. The van der Waals surface area contributed by atoms with Crippen molar-refractivity contribution in [1.29, 1.82) is 0 Å². The van der Waals surface area contributed by atoms with E-state index in [-0.39, 0.29) is 11.2 Å². The fraction of sp³-hybridized carbons (Fsp3) is 0.412. The maximum absolute atomic E-state index is 13.3. The van der Waals surface area contributed by atoms with Crippen molar-refractivity contribution in [3.63, 3.8) is 0 Å². The van der Waals surface area contributed by atoms with Gasteiger partial charge in [0.2, 0.25) is 0 Å². The highest BCUT2D eigenvalue weighted by molar-refractivity contribution is 6.32. The molecule has 1 aliphatic rings. The number of aryl methyl sites for hydroxylation is 1. The van der Waals surface area contributed by atoms with Crippen LogP contribution in [-0.2, 0) is 6.42 Å². The van der Waals surface area contributed by atoms with Crippen molar-refractivity contribution < 1.29 is 9.50 Å². The number of fused-ring (bicyclic) bond motifs is 1. The van der Waals surface area contributed by atoms with Crippen LogP contribution >= 0.6 is 11.6 Å². The molecule has 112 valence electrons. The lowest BCUT2D eigenvalue weighted by Crippen LogP contribution is -2.26. The highest BCUT2D eigenvalue weighted by atomic mass is 35.5. The van der Waals surface area contributed by atoms with Crippen LogP contribution in [0.5, 0.6) is 0 Å². The van der Waals surface area contributed by atoms with Crippen molar-refractivity contribution in [2.45, 2.75) is 39.7 Å². The summed E-state index contributed by atoms with van der Waals surface area (Å²) in [5.41, 5.74) is 3.84. The zero-order chi connectivity index (χ0) is 15.4. The number of hydrogen-bond donors (Lipinski definition) is 1. The normalized spacial score (nSPS) is 20.4. The standard InChI is InChI=1S/C17H19ClFNO/c1-10-6-12-15(8-17(2,3)9-16(12)21)20(10)14-5-4-11(19)7-13(14)18/h4-7,16,21H,8-9H2,1-3H3. The molecule has 1 atom stereocenters. The molecule has 0 bridgehead atoms. The first kappa shape index (κ1) is 14.6. The van der Waals surface area contributed by atoms with Gasteiger partial charge in [-0.1, -0.05) is 25.4 Å². The van der Waals surface area contributed by atoms with Crippen LogP contribution in [0, 0.1) is 18.2 Å². The zero-order valence-corrected chi connectivity index (χ0v) is 13.2. The maximum Gasteiger partial charge on any atom is 0.124 e. The topological polar surface area (TPSA) is 25.2 Å². The average molecular weight is 308 g/mol. The molecule has 0 saturated carbocycles. The number of hydrogen-bond acceptors (Lipinski definition) is 1. The first-order valence-electron chi connectivity index (χ1n) is 7.13. The monoisotopic (exact) mass is 307 g/mol. The van der Waals surface area contributed by atoms with Crippen LogP contribution < -0.4 is 0 Å². The van der Waals surface area contributed by atoms with Gasteiger partial charge in [-0.15, -0.1) is 0 Å². The fourth-order valence-electron chi connectivity index (χ4n) is 3.34. The Morgan fingerprint density at radius 3 is 2.71 bits per heavy atom. The molecule has 0 saturated heterocycles. The third-order valence-corrected chi connectivity index (χ3v) is 4.52. The molecule has 0 aliphatic heterocycles. The largest absolute Gasteiger partial charge is 0.388 e. The summed E-state index contributed by atoms with van der Waals surface area (Å²) in [6.45, 7) is 6.29. The number of halogens is 2. The summed E-state index contributed by atoms with van der Waals surface area (Å²) in [6.07, 6.45) is 1.16. The molecule has 1 aromatic carbocycles. The van der Waals surface area contributed by atoms with Crippen molar-refractivity contribution in [1.82, 2.24) is 4.57 Å². The van der Waals surface area contributed by atoms with Gasteiger partial charge in [-0.2, -0.15) is 0 Å². The predicted octanol–water partition coefficient (Wildman–Crippen LogP) is 4.58. The van der Waals surface area contributed by atoms with Crippen molar-refractivity contribution in [2.24, 2.45) is 5.41 Å². The summed E-state index contributed by atoms with van der Waals surface area (Å²) in [7, 11) is 0. The Morgan fingerprint density at radius 2 is 2.05 bits per heavy atom. The van der Waals surface area contributed by atoms with Gasteiger partial charge in [0.25, 0.3) is 0 Å². The molecule has 0 radical (unpaired) electrons. The quantitative estimate of drug-likeness (QED) is 0.819. The van der Waals surface area contributed by atoms with Crippen LogP contribution in [0.3, 0.4) is 0 Å². The zero-order valence-electron chi connectivity index (χ0n) is 12.5. The fourth-order valence-corrected chi connectivity index (χ4v) is 3.59. The second kappa shape index (κ2) is 4.85. The average Bonchev–Trinajstić information content (AvgIpc) is 2.65. The Morgan fingerprint density at radius 1 is 1.33 bits per heavy atom. The lowest BCUT2D eigenvalue weighted by molar-refractivity contribution is 0.0987. The Balaban J connectivity index is 2.21. The van der Waals surface area contributed by atoms with Gasteiger partial charge in [-0.3, -0.25) is 0 Å². The van der Waals surface area contributed by atoms with E-state index in [9.17, 15) is 9.50 Å². The Hall–Kier alpha value is -1.32. The summed E-state index contributed by atoms with van der Waals surface area (Å²) in [5, 5.41) is 10.8. The molecular formula is C17H19ClFNO. The number of rotatable bonds is 1. The number of nitrogens with zero attached hydrogens (tertiary/aromatic N) is 1. The maximum atomic E-state index is 13.3. The molecule has 3 rings (SSSR count). The molecular weight excluding hydrogens is 289 g/mol. The molecule has 1 heterocycles. The lowest BCUT2D eigenvalue weighted by atomic mass is 9.75. The summed E-state index contributed by atoms with van der Waals surface area (Å²) in [4.78, 5) is 0. The molecule has 1 aromatic heterocycles. The summed E-state index contributed by atoms with van der Waals surface area (Å²) in [5.74, 6) is -0.345. The number of aliphatic hydroxyl groups is 1. The minimum absolute atomic E-state index is 0.0292. The van der Waals surface area contributed by atoms with Crippen molar-refractivity contribution in [3.05, 3.63) is 52.1 Å². The van der Waals surface area contributed by atoms with E-state index >= 15 is 0 Å². The third-order valence-electron chi connectivity index (χ3n) is 4.22. The van der Waals surface area contributed by atoms with Gasteiger partial charge in [0.1, 0.15) is 5.82 Å². The summed E-state index contributed by atoms with van der Waals surface area (Å²) >= 11 is 6.22. The van der Waals surface area contributed by atoms with Gasteiger partial charge >= 0.3 is 0 Å². The number of aliphatic hydroxyl groups excluding tert-OH is 1. The van der Waals surface area contributed by atoms with Gasteiger partial charge in [0.05, 0.1) is 16.8 Å². The third kappa shape index (κ3) is 2.49. The Bertz CT molecular complexity index is 705. The Kier molecular flexibility index (Phi) is 3.38. The van der Waals surface area contributed by atoms with E-state index in [1.807, 2.05) is 17.6 Å². The van der Waals surface area contributed by atoms with Crippen LogP contribution in [0.15, 0.2) is 24.3 Å². The first-order valence-corrected chi connectivity index (χ1v) is 7.51. The SMILES string of the molecule is Cc1cc2c(n1-c1ccc(F)cc1Cl)CC(C)(C)CC2O. The van der Waals surface area contributed by atoms with Gasteiger partial charge in [-0.25, -0.2) is 4.39 Å². The Labute approximate surface area is 129 Å². The molecule has 2 aromatic rings. The van der Waals surface area contributed by atoms with Crippen molar-refractivity contribution >= 4 is 11.6 Å². The smallest absolute Gasteiger partial charge is 0.124 e. The molecule has 0 fully saturated rings. The summed E-state index contributed by atoms with van der Waals surface area (Å²) < 4.78 is 15.3. The van der Waals surface area contributed by atoms with Gasteiger partial charge in [-0.05, 0) is 49.4 Å². The van der Waals surface area contributed by atoms with Crippen LogP contribution in [0.4, 0.5) is 4.39 Å². The van der Waals surface area contributed by atoms with Crippen LogP contribution in [0.1, 0.15) is 43.3 Å². The lowest BCUT2D eigenvalue weighted by Gasteiger charge is -2.34. The van der Waals surface area contributed by atoms with Crippen molar-refractivity contribution in [2.75, 3.05) is 0 Å². The van der Waals surface area contributed by atoms with E-state index in [2.05, 4.69) is 13.8 Å². The number of benzene rings is 1. The highest BCUT2D eigenvalue weighted by Crippen LogP contribution is 2.43. The molecule has 2 nitrogen and oxygen atoms in total. The van der Waals surface area contributed by atoms with E-state index in [1.165, 1.54) is 12.1 Å². The molecule has 1 aliphatic carbocycles. The minimum Gasteiger partial charge on any atom is -0.388 e. The van der Waals surface area contributed by atoms with E-state index in [4.69, 9.17) is 11.6 Å². The van der Waals surface area contributed by atoms with Gasteiger partial charge in [0.15, 0.2) is 0 Å². The predicted molar refractivity (Wildman–Crippen MR) is 82.5 cm³/mol. The molecule has 21 heavy (non-hydrogen) atoms. The number of aromatic nitrogens is 1. The first-order chi connectivity index (χ1) is 9.78. The van der Waals surface area contributed by atoms with Gasteiger partial charge in [0, 0.05) is 17.0 Å².